The summed E-state index contributed by atoms with van der Waals surface area (Å²) in [6.07, 6.45) is 0.834. The van der Waals surface area contributed by atoms with E-state index in [-0.39, 0.29) is 29.2 Å². The van der Waals surface area contributed by atoms with Crippen molar-refractivity contribution in [2.45, 2.75) is 37.2 Å². The number of hydrogen-bond donors (Lipinski definition) is 1. The molecule has 0 saturated heterocycles. The zero-order valence-electron chi connectivity index (χ0n) is 24.6. The molecule has 0 fully saturated rings. The molecule has 1 unspecified atom stereocenters. The molecule has 4 aromatic rings. The van der Waals surface area contributed by atoms with Crippen molar-refractivity contribution < 1.29 is 22.9 Å². The Hall–Kier alpha value is -4.74. The molecule has 0 bridgehead atoms. The number of nitrogens with zero attached hydrogens (tertiary/aromatic N) is 3. The fourth-order valence-electron chi connectivity index (χ4n) is 4.72. The number of non-ortho nitro benzene ring substituents is 1. The van der Waals surface area contributed by atoms with Crippen molar-refractivity contribution in [1.82, 2.24) is 10.2 Å². The number of amides is 2. The Kier molecular flexibility index (Phi) is 11.3. The van der Waals surface area contributed by atoms with Crippen LogP contribution in [0.5, 0.6) is 0 Å². The summed E-state index contributed by atoms with van der Waals surface area (Å²) in [5.74, 6) is -1.06. The summed E-state index contributed by atoms with van der Waals surface area (Å²) in [7, 11) is -4.33. The maximum atomic E-state index is 14.4. The quantitative estimate of drug-likeness (QED) is 0.140. The van der Waals surface area contributed by atoms with Crippen LogP contribution in [0.3, 0.4) is 0 Å². The second-order valence-electron chi connectivity index (χ2n) is 10.2. The number of nitrogens with one attached hydrogen (secondary N) is 1. The van der Waals surface area contributed by atoms with Crippen LogP contribution in [0.25, 0.3) is 0 Å². The molecule has 234 valence electrons. The van der Waals surface area contributed by atoms with Crippen LogP contribution in [0.15, 0.2) is 114 Å². The third-order valence-corrected chi connectivity index (χ3v) is 9.23. The van der Waals surface area contributed by atoms with Gasteiger partial charge in [0.05, 0.1) is 15.5 Å². The highest BCUT2D eigenvalue weighted by atomic mass is 35.5. The Balaban J connectivity index is 1.81. The molecule has 45 heavy (non-hydrogen) atoms. The van der Waals surface area contributed by atoms with Crippen LogP contribution in [0.2, 0.25) is 5.02 Å². The minimum absolute atomic E-state index is 0.0468. The maximum absolute atomic E-state index is 14.4. The van der Waals surface area contributed by atoms with E-state index in [0.29, 0.717) is 23.6 Å². The topological polar surface area (TPSA) is 130 Å². The van der Waals surface area contributed by atoms with Gasteiger partial charge >= 0.3 is 0 Å². The van der Waals surface area contributed by atoms with Gasteiger partial charge in [-0.05, 0) is 47.9 Å². The number of hydrogen-bond acceptors (Lipinski definition) is 6. The first-order chi connectivity index (χ1) is 21.6. The average molecular weight is 649 g/mol. The molecule has 1 atom stereocenters. The van der Waals surface area contributed by atoms with Gasteiger partial charge in [0.25, 0.3) is 15.7 Å². The van der Waals surface area contributed by atoms with Crippen molar-refractivity contribution in [3.8, 4) is 0 Å². The lowest BCUT2D eigenvalue weighted by atomic mass is 10.0. The Morgan fingerprint density at radius 1 is 0.889 bits per heavy atom. The van der Waals surface area contributed by atoms with Gasteiger partial charge in [0.1, 0.15) is 12.6 Å². The molecule has 0 radical (unpaired) electrons. The molecule has 0 aliphatic carbocycles. The van der Waals surface area contributed by atoms with E-state index in [9.17, 15) is 28.1 Å². The summed E-state index contributed by atoms with van der Waals surface area (Å²) >= 11 is 6.50. The first-order valence-electron chi connectivity index (χ1n) is 14.3. The number of nitro groups is 1. The number of rotatable bonds is 14. The van der Waals surface area contributed by atoms with E-state index < -0.39 is 39.3 Å². The number of carbonyl (C=O) groups is 2. The molecule has 0 aliphatic heterocycles. The Morgan fingerprint density at radius 3 is 2.09 bits per heavy atom. The van der Waals surface area contributed by atoms with Gasteiger partial charge in [-0.3, -0.25) is 24.0 Å². The standard InChI is InChI=1S/C33H33ClN4O6S/c1-2-21-35-33(40)31(22-25-11-5-3-6-12-25)36(23-26-13-9-10-16-30(26)34)32(39)24-37(27-17-19-28(20-18-27)38(41)42)45(43,44)29-14-7-4-8-15-29/h3-20,31H,2,21-24H2,1H3,(H,35,40). The van der Waals surface area contributed by atoms with Gasteiger partial charge in [0.2, 0.25) is 11.8 Å². The molecule has 0 saturated carbocycles. The van der Waals surface area contributed by atoms with Gasteiger partial charge in [-0.15, -0.1) is 0 Å². The molecule has 4 aromatic carbocycles. The monoisotopic (exact) mass is 648 g/mol. The summed E-state index contributed by atoms with van der Waals surface area (Å²) in [6, 6.07) is 27.6. The first-order valence-corrected chi connectivity index (χ1v) is 16.1. The number of anilines is 1. The van der Waals surface area contributed by atoms with Gasteiger partial charge in [-0.1, -0.05) is 85.3 Å². The number of benzene rings is 4. The molecule has 4 rings (SSSR count). The zero-order valence-corrected chi connectivity index (χ0v) is 26.2. The minimum atomic E-state index is -4.33. The fourth-order valence-corrected chi connectivity index (χ4v) is 6.35. The van der Waals surface area contributed by atoms with Gasteiger partial charge in [-0.2, -0.15) is 0 Å². The van der Waals surface area contributed by atoms with Crippen molar-refractivity contribution in [1.29, 1.82) is 0 Å². The summed E-state index contributed by atoms with van der Waals surface area (Å²) in [6.45, 7) is 1.53. The SMILES string of the molecule is CCCNC(=O)C(Cc1ccccc1)N(Cc1ccccc1Cl)C(=O)CN(c1ccc([N+](=O)[O-])cc1)S(=O)(=O)c1ccccc1. The molecule has 1 N–H and O–H groups in total. The smallest absolute Gasteiger partial charge is 0.269 e. The van der Waals surface area contributed by atoms with E-state index in [4.69, 9.17) is 11.6 Å². The third kappa shape index (κ3) is 8.46. The van der Waals surface area contributed by atoms with E-state index in [1.54, 1.807) is 42.5 Å². The van der Waals surface area contributed by atoms with Crippen LogP contribution < -0.4 is 9.62 Å². The van der Waals surface area contributed by atoms with Crippen LogP contribution in [-0.4, -0.2) is 49.2 Å². The van der Waals surface area contributed by atoms with E-state index in [1.165, 1.54) is 41.3 Å². The second-order valence-corrected chi connectivity index (χ2v) is 12.5. The molecular weight excluding hydrogens is 616 g/mol. The lowest BCUT2D eigenvalue weighted by molar-refractivity contribution is -0.384. The molecule has 0 aliphatic rings. The van der Waals surface area contributed by atoms with Crippen molar-refractivity contribution in [2.75, 3.05) is 17.4 Å². The minimum Gasteiger partial charge on any atom is -0.354 e. The second kappa shape index (κ2) is 15.3. The first kappa shape index (κ1) is 33.2. The maximum Gasteiger partial charge on any atom is 0.269 e. The molecular formula is C33H33ClN4O6S. The largest absolute Gasteiger partial charge is 0.354 e. The van der Waals surface area contributed by atoms with E-state index in [0.717, 1.165) is 9.87 Å². The number of halogens is 1. The fraction of sp³-hybridized carbons (Fsp3) is 0.212. The van der Waals surface area contributed by atoms with Crippen LogP contribution in [-0.2, 0) is 32.6 Å². The van der Waals surface area contributed by atoms with Crippen molar-refractivity contribution in [3.63, 3.8) is 0 Å². The van der Waals surface area contributed by atoms with E-state index in [2.05, 4.69) is 5.32 Å². The molecule has 0 spiro atoms. The zero-order chi connectivity index (χ0) is 32.4. The number of nitro benzene ring substituents is 1. The highest BCUT2D eigenvalue weighted by Gasteiger charge is 2.35. The molecule has 10 nitrogen and oxygen atoms in total. The predicted molar refractivity (Wildman–Crippen MR) is 173 cm³/mol. The molecule has 12 heteroatoms. The van der Waals surface area contributed by atoms with Crippen molar-refractivity contribution in [3.05, 3.63) is 135 Å². The third-order valence-electron chi connectivity index (χ3n) is 7.08. The Morgan fingerprint density at radius 2 is 1.49 bits per heavy atom. The molecule has 0 aromatic heterocycles. The number of sulfonamides is 1. The van der Waals surface area contributed by atoms with Crippen molar-refractivity contribution >= 4 is 44.8 Å². The normalized spacial score (nSPS) is 11.8. The summed E-state index contributed by atoms with van der Waals surface area (Å²) < 4.78 is 28.9. The summed E-state index contributed by atoms with van der Waals surface area (Å²) in [5.41, 5.74) is 1.18. The van der Waals surface area contributed by atoms with Crippen LogP contribution in [0.1, 0.15) is 24.5 Å². The van der Waals surface area contributed by atoms with Gasteiger partial charge in [-0.25, -0.2) is 8.42 Å². The number of carbonyl (C=O) groups excluding carboxylic acids is 2. The lowest BCUT2D eigenvalue weighted by Gasteiger charge is -2.34. The highest BCUT2D eigenvalue weighted by molar-refractivity contribution is 7.92. The molecule has 2 amide bonds. The van der Waals surface area contributed by atoms with E-state index in [1.807, 2.05) is 37.3 Å². The Labute approximate surface area is 267 Å². The summed E-state index contributed by atoms with van der Waals surface area (Å²) in [4.78, 5) is 40.0. The predicted octanol–water partition coefficient (Wildman–Crippen LogP) is 5.61. The average Bonchev–Trinajstić information content (AvgIpc) is 3.05. The van der Waals surface area contributed by atoms with Crippen LogP contribution in [0.4, 0.5) is 11.4 Å². The van der Waals surface area contributed by atoms with E-state index >= 15 is 0 Å². The van der Waals surface area contributed by atoms with Crippen LogP contribution in [0, 0.1) is 10.1 Å². The lowest BCUT2D eigenvalue weighted by Crippen LogP contribution is -2.53. The highest BCUT2D eigenvalue weighted by Crippen LogP contribution is 2.27. The van der Waals surface area contributed by atoms with Gasteiger partial charge in [0, 0.05) is 36.7 Å². The van der Waals surface area contributed by atoms with Gasteiger partial charge < -0.3 is 10.2 Å². The van der Waals surface area contributed by atoms with Gasteiger partial charge in [0.15, 0.2) is 0 Å². The summed E-state index contributed by atoms with van der Waals surface area (Å²) in [5, 5.41) is 14.6. The van der Waals surface area contributed by atoms with Crippen LogP contribution >= 0.6 is 11.6 Å². The van der Waals surface area contributed by atoms with Crippen molar-refractivity contribution in [2.24, 2.45) is 0 Å². The molecule has 0 heterocycles. The Bertz CT molecular complexity index is 1720.